The summed E-state index contributed by atoms with van der Waals surface area (Å²) in [5, 5.41) is 2.98. The van der Waals surface area contributed by atoms with Crippen LogP contribution >= 0.6 is 0 Å². The molecule has 0 radical (unpaired) electrons. The topological polar surface area (TPSA) is 47.6 Å². The molecule has 0 fully saturated rings. The number of carbonyl (C=O) groups excluding carboxylic acids is 1. The Morgan fingerprint density at radius 1 is 1.33 bits per heavy atom. The number of hydrogen-bond donors (Lipinski definition) is 1. The minimum Gasteiger partial charge on any atom is -0.491 e. The van der Waals surface area contributed by atoms with E-state index >= 15 is 0 Å². The number of benzene rings is 1. The highest BCUT2D eigenvalue weighted by molar-refractivity contribution is 5.91. The van der Waals surface area contributed by atoms with E-state index in [1.807, 2.05) is 30.3 Å². The maximum absolute atomic E-state index is 11.4. The first-order chi connectivity index (χ1) is 8.79. The molecule has 1 aliphatic rings. The first-order valence-electron chi connectivity index (χ1n) is 5.69. The monoisotopic (exact) mass is 245 g/mol. The normalized spacial score (nSPS) is 14.1. The summed E-state index contributed by atoms with van der Waals surface area (Å²) in [5.41, 5.74) is 1.55. The third-order valence-corrected chi connectivity index (χ3v) is 2.54. The zero-order valence-electron chi connectivity index (χ0n) is 10.2. The smallest absolute Gasteiger partial charge is 0.339 e. The van der Waals surface area contributed by atoms with Gasteiger partial charge in [0.15, 0.2) is 0 Å². The summed E-state index contributed by atoms with van der Waals surface area (Å²) in [4.78, 5) is 11.4. The van der Waals surface area contributed by atoms with E-state index in [4.69, 9.17) is 4.74 Å². The molecule has 1 aromatic rings. The summed E-state index contributed by atoms with van der Waals surface area (Å²) < 4.78 is 10.3. The first-order valence-corrected chi connectivity index (χ1v) is 5.69. The van der Waals surface area contributed by atoms with E-state index in [-0.39, 0.29) is 5.97 Å². The second kappa shape index (κ2) is 5.91. The third kappa shape index (κ3) is 3.13. The first kappa shape index (κ1) is 12.2. The maximum atomic E-state index is 11.4. The number of hydrogen-bond acceptors (Lipinski definition) is 4. The Morgan fingerprint density at radius 2 is 2.11 bits per heavy atom. The minimum absolute atomic E-state index is 0.372. The van der Waals surface area contributed by atoms with Crippen molar-refractivity contribution in [1.82, 2.24) is 5.32 Å². The number of ether oxygens (including phenoxy) is 2. The molecule has 0 aliphatic carbocycles. The van der Waals surface area contributed by atoms with Gasteiger partial charge in [-0.05, 0) is 11.6 Å². The van der Waals surface area contributed by atoms with Gasteiger partial charge in [0, 0.05) is 6.20 Å². The number of carbonyl (C=O) groups is 1. The van der Waals surface area contributed by atoms with Crippen molar-refractivity contribution in [3.8, 4) is 0 Å². The van der Waals surface area contributed by atoms with Crippen LogP contribution in [-0.4, -0.2) is 19.6 Å². The van der Waals surface area contributed by atoms with E-state index in [0.717, 1.165) is 11.3 Å². The number of dihydropyridines is 1. The van der Waals surface area contributed by atoms with Crippen molar-refractivity contribution in [2.75, 3.05) is 13.7 Å². The third-order valence-electron chi connectivity index (χ3n) is 2.54. The Kier molecular flexibility index (Phi) is 4.02. The van der Waals surface area contributed by atoms with Crippen LogP contribution in [0, 0.1) is 0 Å². The second-order valence-corrected chi connectivity index (χ2v) is 3.86. The van der Waals surface area contributed by atoms with Crippen molar-refractivity contribution >= 4 is 5.97 Å². The lowest BCUT2D eigenvalue weighted by Crippen LogP contribution is -2.20. The molecule has 1 aromatic carbocycles. The standard InChI is InChI=1S/C14H15NO3/c1-17-14(16)12-7-13(9-15-8-12)18-10-11-5-3-2-4-6-11/h2-8,15H,9-10H2,1H3. The highest BCUT2D eigenvalue weighted by atomic mass is 16.5. The Balaban J connectivity index is 1.96. The maximum Gasteiger partial charge on any atom is 0.339 e. The average molecular weight is 245 g/mol. The molecule has 1 aliphatic heterocycles. The molecular formula is C14H15NO3. The van der Waals surface area contributed by atoms with E-state index in [2.05, 4.69) is 10.1 Å². The molecule has 2 rings (SSSR count). The van der Waals surface area contributed by atoms with Crippen molar-refractivity contribution in [2.24, 2.45) is 0 Å². The number of methoxy groups -OCH3 is 1. The summed E-state index contributed by atoms with van der Waals surface area (Å²) in [6, 6.07) is 9.88. The summed E-state index contributed by atoms with van der Waals surface area (Å²) in [5.74, 6) is 0.352. The molecule has 94 valence electrons. The van der Waals surface area contributed by atoms with Gasteiger partial charge in [0.05, 0.1) is 19.2 Å². The Labute approximate surface area is 106 Å². The molecular weight excluding hydrogens is 230 g/mol. The van der Waals surface area contributed by atoms with Crippen LogP contribution in [0.1, 0.15) is 5.56 Å². The fraction of sp³-hybridized carbons (Fsp3) is 0.214. The molecule has 0 unspecified atom stereocenters. The molecule has 0 atom stereocenters. The van der Waals surface area contributed by atoms with Gasteiger partial charge in [-0.25, -0.2) is 4.79 Å². The summed E-state index contributed by atoms with van der Waals surface area (Å²) >= 11 is 0. The van der Waals surface area contributed by atoms with Gasteiger partial charge in [-0.15, -0.1) is 0 Å². The van der Waals surface area contributed by atoms with Crippen molar-refractivity contribution in [1.29, 1.82) is 0 Å². The van der Waals surface area contributed by atoms with E-state index in [0.29, 0.717) is 18.7 Å². The number of esters is 1. The highest BCUT2D eigenvalue weighted by Crippen LogP contribution is 2.12. The van der Waals surface area contributed by atoms with Crippen LogP contribution in [0.5, 0.6) is 0 Å². The number of rotatable bonds is 4. The quantitative estimate of drug-likeness (QED) is 0.821. The van der Waals surface area contributed by atoms with Crippen molar-refractivity contribution in [3.05, 3.63) is 59.5 Å². The zero-order chi connectivity index (χ0) is 12.8. The zero-order valence-corrected chi connectivity index (χ0v) is 10.2. The van der Waals surface area contributed by atoms with Crippen molar-refractivity contribution < 1.29 is 14.3 Å². The Bertz CT molecular complexity index is 477. The van der Waals surface area contributed by atoms with Crippen LogP contribution in [-0.2, 0) is 20.9 Å². The summed E-state index contributed by atoms with van der Waals surface area (Å²) in [6.07, 6.45) is 3.33. The number of nitrogens with one attached hydrogen (secondary N) is 1. The molecule has 0 bridgehead atoms. The molecule has 0 aromatic heterocycles. The lowest BCUT2D eigenvalue weighted by molar-refractivity contribution is -0.135. The van der Waals surface area contributed by atoms with Crippen molar-refractivity contribution in [2.45, 2.75) is 6.61 Å². The van der Waals surface area contributed by atoms with E-state index in [1.54, 1.807) is 12.3 Å². The fourth-order valence-corrected chi connectivity index (χ4v) is 1.61. The van der Waals surface area contributed by atoms with Gasteiger partial charge in [-0.2, -0.15) is 0 Å². The van der Waals surface area contributed by atoms with Crippen LogP contribution < -0.4 is 5.32 Å². The van der Waals surface area contributed by atoms with Crippen LogP contribution in [0.3, 0.4) is 0 Å². The molecule has 4 heteroatoms. The van der Waals surface area contributed by atoms with E-state index in [1.165, 1.54) is 7.11 Å². The highest BCUT2D eigenvalue weighted by Gasteiger charge is 2.13. The molecule has 1 heterocycles. The molecule has 18 heavy (non-hydrogen) atoms. The van der Waals surface area contributed by atoms with Gasteiger partial charge in [-0.1, -0.05) is 30.3 Å². The van der Waals surface area contributed by atoms with Crippen LogP contribution in [0.15, 0.2) is 53.9 Å². The Morgan fingerprint density at radius 3 is 2.83 bits per heavy atom. The Hall–Kier alpha value is -2.23. The molecule has 0 spiro atoms. The lowest BCUT2D eigenvalue weighted by Gasteiger charge is -2.15. The summed E-state index contributed by atoms with van der Waals surface area (Å²) in [6.45, 7) is 1.07. The van der Waals surface area contributed by atoms with Crippen LogP contribution in [0.2, 0.25) is 0 Å². The van der Waals surface area contributed by atoms with Crippen molar-refractivity contribution in [3.63, 3.8) is 0 Å². The molecule has 0 amide bonds. The van der Waals surface area contributed by atoms with Gasteiger partial charge >= 0.3 is 5.97 Å². The summed E-state index contributed by atoms with van der Waals surface area (Å²) in [7, 11) is 1.36. The van der Waals surface area contributed by atoms with E-state index < -0.39 is 0 Å². The van der Waals surface area contributed by atoms with Crippen LogP contribution in [0.25, 0.3) is 0 Å². The van der Waals surface area contributed by atoms with Gasteiger partial charge in [0.25, 0.3) is 0 Å². The SMILES string of the molecule is COC(=O)C1=CNCC(OCc2ccccc2)=C1. The van der Waals surface area contributed by atoms with E-state index in [9.17, 15) is 4.79 Å². The fourth-order valence-electron chi connectivity index (χ4n) is 1.61. The largest absolute Gasteiger partial charge is 0.491 e. The van der Waals surface area contributed by atoms with Gasteiger partial charge < -0.3 is 14.8 Å². The minimum atomic E-state index is -0.372. The molecule has 4 nitrogen and oxygen atoms in total. The molecule has 0 saturated heterocycles. The predicted octanol–water partition coefficient (Wildman–Crippen LogP) is 1.75. The average Bonchev–Trinajstić information content (AvgIpc) is 2.45. The second-order valence-electron chi connectivity index (χ2n) is 3.86. The van der Waals surface area contributed by atoms with Crippen LogP contribution in [0.4, 0.5) is 0 Å². The lowest BCUT2D eigenvalue weighted by atomic mass is 10.2. The molecule has 1 N–H and O–H groups in total. The van der Waals surface area contributed by atoms with Gasteiger partial charge in [-0.3, -0.25) is 0 Å². The van der Waals surface area contributed by atoms with Gasteiger partial charge in [0.1, 0.15) is 12.4 Å². The molecule has 0 saturated carbocycles. The van der Waals surface area contributed by atoms with Gasteiger partial charge in [0.2, 0.25) is 0 Å². The predicted molar refractivity (Wildman–Crippen MR) is 67.4 cm³/mol.